The Morgan fingerprint density at radius 2 is 1.78 bits per heavy atom. The molecule has 37 heavy (non-hydrogen) atoms. The molecule has 2 amide bonds. The molecule has 1 heterocycles. The largest absolute Gasteiger partial charge is 0.453 e. The van der Waals surface area contributed by atoms with Crippen molar-refractivity contribution < 1.29 is 36.3 Å². The van der Waals surface area contributed by atoms with Crippen molar-refractivity contribution in [2.75, 3.05) is 37.5 Å². The number of anilines is 1. The number of methoxy groups -OCH3 is 1. The molecule has 3 atom stereocenters. The van der Waals surface area contributed by atoms with Crippen molar-refractivity contribution in [3.05, 3.63) is 18.2 Å². The number of aromatic amines is 1. The predicted molar refractivity (Wildman–Crippen MR) is 138 cm³/mol. The van der Waals surface area contributed by atoms with Gasteiger partial charge in [0.1, 0.15) is 9.84 Å². The van der Waals surface area contributed by atoms with E-state index in [1.807, 2.05) is 13.8 Å². The van der Waals surface area contributed by atoms with Crippen molar-refractivity contribution in [3.63, 3.8) is 0 Å². The topological polar surface area (TPSA) is 188 Å². The van der Waals surface area contributed by atoms with Gasteiger partial charge in [0.05, 0.1) is 40.9 Å². The summed E-state index contributed by atoms with van der Waals surface area (Å²) < 4.78 is 55.6. The minimum Gasteiger partial charge on any atom is -0.453 e. The van der Waals surface area contributed by atoms with Gasteiger partial charge in [-0.05, 0) is 31.0 Å². The summed E-state index contributed by atoms with van der Waals surface area (Å²) in [4.78, 5) is 30.7. The Morgan fingerprint density at radius 3 is 2.35 bits per heavy atom. The Labute approximate surface area is 216 Å². The Kier molecular flexibility index (Phi) is 10.0. The van der Waals surface area contributed by atoms with Crippen molar-refractivity contribution in [3.8, 4) is 0 Å². The van der Waals surface area contributed by atoms with Crippen LogP contribution in [0, 0.1) is 11.8 Å². The second-order valence-corrected chi connectivity index (χ2v) is 13.6. The van der Waals surface area contributed by atoms with Crippen LogP contribution in [-0.2, 0) is 29.4 Å². The molecule has 15 heteroatoms. The second kappa shape index (κ2) is 12.2. The first kappa shape index (κ1) is 30.5. The number of sulfonamides is 1. The quantitative estimate of drug-likeness (QED) is 0.292. The van der Waals surface area contributed by atoms with Gasteiger partial charge in [-0.25, -0.2) is 26.6 Å². The van der Waals surface area contributed by atoms with Crippen LogP contribution >= 0.6 is 0 Å². The molecule has 0 aliphatic rings. The number of nitrogens with zero attached hydrogens (tertiary/aromatic N) is 2. The molecule has 0 aliphatic carbocycles. The van der Waals surface area contributed by atoms with E-state index < -0.39 is 49.9 Å². The van der Waals surface area contributed by atoms with Gasteiger partial charge in [-0.3, -0.25) is 10.1 Å². The van der Waals surface area contributed by atoms with Gasteiger partial charge < -0.3 is 20.1 Å². The monoisotopic (exact) mass is 561 g/mol. The molecular weight excluding hydrogens is 526 g/mol. The number of rotatable bonds is 12. The number of imidazole rings is 1. The number of aliphatic hydroxyl groups excluding tert-OH is 1. The van der Waals surface area contributed by atoms with Gasteiger partial charge in [0, 0.05) is 25.3 Å². The maximum atomic E-state index is 13.5. The molecule has 4 N–H and O–H groups in total. The van der Waals surface area contributed by atoms with E-state index >= 15 is 0 Å². The number of nitrogens with one attached hydrogen (secondary N) is 3. The van der Waals surface area contributed by atoms with Crippen LogP contribution < -0.4 is 10.6 Å². The number of sulfone groups is 1. The molecule has 0 fully saturated rings. The molecular formula is C22H35N5O8S2. The molecule has 1 aromatic heterocycles. The SMILES string of the molecule is COC(=O)Nc1nc2ccc(S(=O)(=O)N(CC(C)C)CC(O)C(C)NC(=O)C(C)CS(C)(=O)=O)cc2[nH]1. The molecule has 1 aromatic carbocycles. The zero-order chi connectivity index (χ0) is 28.1. The Hall–Kier alpha value is -2.75. The lowest BCUT2D eigenvalue weighted by molar-refractivity contribution is -0.125. The third kappa shape index (κ3) is 8.66. The number of hydrogen-bond donors (Lipinski definition) is 4. The van der Waals surface area contributed by atoms with Crippen LogP contribution in [0.1, 0.15) is 27.7 Å². The summed E-state index contributed by atoms with van der Waals surface area (Å²) in [6.45, 7) is 6.43. The van der Waals surface area contributed by atoms with Crippen LogP contribution in [0.15, 0.2) is 23.1 Å². The van der Waals surface area contributed by atoms with Crippen LogP contribution in [0.3, 0.4) is 0 Å². The molecule has 2 aromatic rings. The molecule has 13 nitrogen and oxygen atoms in total. The first-order valence-corrected chi connectivity index (χ1v) is 15.0. The number of fused-ring (bicyclic) bond motifs is 1. The van der Waals surface area contributed by atoms with E-state index in [9.17, 15) is 31.5 Å². The zero-order valence-electron chi connectivity index (χ0n) is 21.7. The van der Waals surface area contributed by atoms with Crippen molar-refractivity contribution in [2.24, 2.45) is 11.8 Å². The highest BCUT2D eigenvalue weighted by atomic mass is 32.2. The number of aliphatic hydroxyl groups is 1. The molecule has 0 saturated carbocycles. The van der Waals surface area contributed by atoms with Crippen molar-refractivity contribution >= 4 is 48.8 Å². The second-order valence-electron chi connectivity index (χ2n) is 9.45. The first-order valence-electron chi connectivity index (χ1n) is 11.5. The van der Waals surface area contributed by atoms with Gasteiger partial charge in [0.2, 0.25) is 21.9 Å². The summed E-state index contributed by atoms with van der Waals surface area (Å²) in [5.74, 6) is -1.73. The number of aromatic nitrogens is 2. The van der Waals surface area contributed by atoms with E-state index in [0.717, 1.165) is 10.6 Å². The first-order chi connectivity index (χ1) is 17.0. The fourth-order valence-corrected chi connectivity index (χ4v) is 6.25. The summed E-state index contributed by atoms with van der Waals surface area (Å²) in [5, 5.41) is 15.7. The van der Waals surface area contributed by atoms with Gasteiger partial charge in [0.25, 0.3) is 0 Å². The van der Waals surface area contributed by atoms with E-state index in [1.54, 1.807) is 0 Å². The van der Waals surface area contributed by atoms with E-state index in [-0.39, 0.29) is 35.6 Å². The van der Waals surface area contributed by atoms with Gasteiger partial charge in [-0.15, -0.1) is 0 Å². The number of carbonyl (C=O) groups is 2. The van der Waals surface area contributed by atoms with Crippen molar-refractivity contribution in [2.45, 2.75) is 44.7 Å². The van der Waals surface area contributed by atoms with Crippen LogP contribution in [0.4, 0.5) is 10.7 Å². The van der Waals surface area contributed by atoms with Crippen molar-refractivity contribution in [1.82, 2.24) is 19.6 Å². The lowest BCUT2D eigenvalue weighted by atomic mass is 10.1. The lowest BCUT2D eigenvalue weighted by Gasteiger charge is -2.29. The van der Waals surface area contributed by atoms with Crippen LogP contribution in [0.2, 0.25) is 0 Å². The third-order valence-electron chi connectivity index (χ3n) is 5.40. The fraction of sp³-hybridized carbons (Fsp3) is 0.591. The summed E-state index contributed by atoms with van der Waals surface area (Å²) in [6, 6.07) is 3.38. The third-order valence-corrected chi connectivity index (χ3v) is 8.34. The number of amides is 2. The van der Waals surface area contributed by atoms with Gasteiger partial charge >= 0.3 is 6.09 Å². The molecule has 0 radical (unpaired) electrons. The van der Waals surface area contributed by atoms with Gasteiger partial charge in [0.15, 0.2) is 0 Å². The molecule has 208 valence electrons. The highest BCUT2D eigenvalue weighted by Crippen LogP contribution is 2.23. The molecule has 2 rings (SSSR count). The summed E-state index contributed by atoms with van der Waals surface area (Å²) in [7, 11) is -6.26. The summed E-state index contributed by atoms with van der Waals surface area (Å²) >= 11 is 0. The number of hydrogen-bond acceptors (Lipinski definition) is 9. The minimum absolute atomic E-state index is 0.0559. The van der Waals surface area contributed by atoms with E-state index in [0.29, 0.717) is 11.0 Å². The number of H-pyrrole nitrogens is 1. The average Bonchev–Trinajstić information content (AvgIpc) is 3.18. The van der Waals surface area contributed by atoms with Gasteiger partial charge in [-0.2, -0.15) is 4.31 Å². The number of ether oxygens (including phenoxy) is 1. The molecule has 0 saturated heterocycles. The van der Waals surface area contributed by atoms with Crippen molar-refractivity contribution in [1.29, 1.82) is 0 Å². The molecule has 0 spiro atoms. The molecule has 3 unspecified atom stereocenters. The standard InChI is InChI=1S/C22H35N5O8S2/c1-13(2)10-27(11-19(28)15(4)23-20(29)14(3)12-36(6,31)32)37(33,34)16-7-8-17-18(9-16)25-21(24-17)26-22(30)35-5/h7-9,13-15,19,28H,10-12H2,1-6H3,(H,23,29)(H2,24,25,26,30). The fourth-order valence-electron chi connectivity index (χ4n) is 3.54. The predicted octanol–water partition coefficient (Wildman–Crippen LogP) is 0.934. The Balaban J connectivity index is 2.24. The van der Waals surface area contributed by atoms with Gasteiger partial charge in [-0.1, -0.05) is 20.8 Å². The van der Waals surface area contributed by atoms with Crippen LogP contribution in [-0.4, -0.2) is 92.6 Å². The maximum Gasteiger partial charge on any atom is 0.413 e. The normalized spacial score (nSPS) is 14.9. The highest BCUT2D eigenvalue weighted by Gasteiger charge is 2.31. The maximum absolute atomic E-state index is 13.5. The van der Waals surface area contributed by atoms with Crippen LogP contribution in [0.5, 0.6) is 0 Å². The summed E-state index contributed by atoms with van der Waals surface area (Å²) in [6.07, 6.45) is -0.980. The Morgan fingerprint density at radius 1 is 1.14 bits per heavy atom. The Bertz CT molecular complexity index is 1320. The molecule has 0 aliphatic heterocycles. The molecule has 0 bridgehead atoms. The smallest absolute Gasteiger partial charge is 0.413 e. The van der Waals surface area contributed by atoms with E-state index in [4.69, 9.17) is 0 Å². The average molecular weight is 562 g/mol. The zero-order valence-corrected chi connectivity index (χ0v) is 23.3. The minimum atomic E-state index is -4.08. The summed E-state index contributed by atoms with van der Waals surface area (Å²) in [5.41, 5.74) is 0.776. The highest BCUT2D eigenvalue weighted by molar-refractivity contribution is 7.90. The van der Waals surface area contributed by atoms with Crippen LogP contribution in [0.25, 0.3) is 11.0 Å². The van der Waals surface area contributed by atoms with E-state index in [1.165, 1.54) is 39.2 Å². The number of carbonyl (C=O) groups excluding carboxylic acids is 2. The van der Waals surface area contributed by atoms with E-state index in [2.05, 4.69) is 25.3 Å². The lowest BCUT2D eigenvalue weighted by Crippen LogP contribution is -2.50. The number of benzene rings is 1.